The summed E-state index contributed by atoms with van der Waals surface area (Å²) in [5.41, 5.74) is 2.29. The maximum atomic E-state index is 4.73. The van der Waals surface area contributed by atoms with Gasteiger partial charge in [-0.15, -0.1) is 11.3 Å². The van der Waals surface area contributed by atoms with Crippen LogP contribution in [0, 0.1) is 0 Å². The van der Waals surface area contributed by atoms with Crippen LogP contribution < -0.4 is 5.32 Å². The van der Waals surface area contributed by atoms with E-state index in [9.17, 15) is 0 Å². The van der Waals surface area contributed by atoms with Crippen molar-refractivity contribution in [3.05, 3.63) is 40.7 Å². The highest BCUT2D eigenvalue weighted by Gasteiger charge is 2.14. The molecule has 0 amide bonds. The highest BCUT2D eigenvalue weighted by atomic mass is 32.1. The number of benzene rings is 1. The number of nitrogens with one attached hydrogen (secondary N) is 1. The second-order valence-corrected chi connectivity index (χ2v) is 6.72. The van der Waals surface area contributed by atoms with Gasteiger partial charge in [0.15, 0.2) is 0 Å². The molecule has 3 nitrogen and oxygen atoms in total. The molecule has 1 N–H and O–H groups in total. The first-order chi connectivity index (χ1) is 10.3. The highest BCUT2D eigenvalue weighted by Crippen LogP contribution is 2.21. The zero-order chi connectivity index (χ0) is 14.5. The largest absolute Gasteiger partial charge is 0.307 e. The van der Waals surface area contributed by atoms with Crippen molar-refractivity contribution in [2.75, 3.05) is 19.6 Å². The fourth-order valence-corrected chi connectivity index (χ4v) is 3.57. The van der Waals surface area contributed by atoms with Crippen molar-refractivity contribution in [1.82, 2.24) is 15.2 Å². The van der Waals surface area contributed by atoms with Gasteiger partial charge < -0.3 is 10.2 Å². The molecule has 1 aromatic heterocycles. The van der Waals surface area contributed by atoms with E-state index in [1.165, 1.54) is 36.5 Å². The molecule has 21 heavy (non-hydrogen) atoms. The number of likely N-dealkylation sites (tertiary alicyclic amines) is 1. The van der Waals surface area contributed by atoms with Crippen LogP contribution in [0.4, 0.5) is 0 Å². The molecular weight excluding hydrogens is 278 g/mol. The van der Waals surface area contributed by atoms with E-state index >= 15 is 0 Å². The summed E-state index contributed by atoms with van der Waals surface area (Å²) in [6, 6.07) is 10.9. The lowest BCUT2D eigenvalue weighted by Gasteiger charge is -2.20. The molecule has 1 atom stereocenters. The molecule has 0 aliphatic carbocycles. The van der Waals surface area contributed by atoms with Gasteiger partial charge in [-0.2, -0.15) is 0 Å². The third-order valence-corrected chi connectivity index (χ3v) is 4.80. The molecule has 3 rings (SSSR count). The fraction of sp³-hybridized carbons (Fsp3) is 0.471. The summed E-state index contributed by atoms with van der Waals surface area (Å²) in [7, 11) is 0. The molecular formula is C17H23N3S. The van der Waals surface area contributed by atoms with Crippen LogP contribution in [0.15, 0.2) is 35.7 Å². The summed E-state index contributed by atoms with van der Waals surface area (Å²) in [6.07, 6.45) is 2.72. The Balaban J connectivity index is 1.50. The normalized spacial score (nSPS) is 17.2. The van der Waals surface area contributed by atoms with Crippen molar-refractivity contribution >= 4 is 11.3 Å². The molecule has 1 unspecified atom stereocenters. The Hall–Kier alpha value is -1.23. The first-order valence-corrected chi connectivity index (χ1v) is 8.65. The Labute approximate surface area is 131 Å². The monoisotopic (exact) mass is 301 g/mol. The van der Waals surface area contributed by atoms with Gasteiger partial charge in [0, 0.05) is 30.1 Å². The summed E-state index contributed by atoms with van der Waals surface area (Å²) in [6.45, 7) is 6.82. The van der Waals surface area contributed by atoms with E-state index in [1.807, 2.05) is 6.07 Å². The Morgan fingerprint density at radius 1 is 1.24 bits per heavy atom. The van der Waals surface area contributed by atoms with Gasteiger partial charge in [-0.25, -0.2) is 4.98 Å². The summed E-state index contributed by atoms with van der Waals surface area (Å²) in [5.74, 6) is 0. The lowest BCUT2D eigenvalue weighted by Crippen LogP contribution is -2.37. The number of thiazole rings is 1. The quantitative estimate of drug-likeness (QED) is 0.886. The van der Waals surface area contributed by atoms with Crippen LogP contribution in [0.3, 0.4) is 0 Å². The molecule has 4 heteroatoms. The molecule has 1 aromatic carbocycles. The SMILES string of the molecule is CC(CN1CCCC1)NCc1nc(-c2ccccc2)cs1. The Morgan fingerprint density at radius 3 is 2.76 bits per heavy atom. The van der Waals surface area contributed by atoms with Gasteiger partial charge in [-0.05, 0) is 32.9 Å². The Morgan fingerprint density at radius 2 is 2.00 bits per heavy atom. The molecule has 1 aliphatic heterocycles. The molecule has 112 valence electrons. The second-order valence-electron chi connectivity index (χ2n) is 5.78. The van der Waals surface area contributed by atoms with Gasteiger partial charge in [0.25, 0.3) is 0 Å². The highest BCUT2D eigenvalue weighted by molar-refractivity contribution is 7.09. The molecule has 2 aromatic rings. The fourth-order valence-electron chi connectivity index (χ4n) is 2.81. The third-order valence-electron chi connectivity index (χ3n) is 3.95. The minimum absolute atomic E-state index is 0.521. The smallest absolute Gasteiger partial charge is 0.107 e. The van der Waals surface area contributed by atoms with Crippen molar-refractivity contribution in [1.29, 1.82) is 0 Å². The van der Waals surface area contributed by atoms with E-state index in [0.29, 0.717) is 6.04 Å². The van der Waals surface area contributed by atoms with Crippen molar-refractivity contribution in [2.24, 2.45) is 0 Å². The summed E-state index contributed by atoms with van der Waals surface area (Å²) in [4.78, 5) is 7.28. The predicted octanol–water partition coefficient (Wildman–Crippen LogP) is 3.38. The average molecular weight is 301 g/mol. The predicted molar refractivity (Wildman–Crippen MR) is 89.5 cm³/mol. The van der Waals surface area contributed by atoms with E-state index in [0.717, 1.165) is 18.8 Å². The average Bonchev–Trinajstić information content (AvgIpc) is 3.17. The molecule has 0 radical (unpaired) electrons. The van der Waals surface area contributed by atoms with Crippen LogP contribution in [0.2, 0.25) is 0 Å². The summed E-state index contributed by atoms with van der Waals surface area (Å²) < 4.78 is 0. The molecule has 2 heterocycles. The van der Waals surface area contributed by atoms with E-state index in [1.54, 1.807) is 11.3 Å². The van der Waals surface area contributed by atoms with Crippen molar-refractivity contribution in [3.63, 3.8) is 0 Å². The van der Waals surface area contributed by atoms with Crippen molar-refractivity contribution in [3.8, 4) is 11.3 Å². The van der Waals surface area contributed by atoms with Crippen LogP contribution in [0.1, 0.15) is 24.8 Å². The number of hydrogen-bond donors (Lipinski definition) is 1. The third kappa shape index (κ3) is 4.13. The van der Waals surface area contributed by atoms with E-state index in [4.69, 9.17) is 4.98 Å². The Kier molecular flexibility index (Phi) is 5.01. The van der Waals surface area contributed by atoms with Gasteiger partial charge in [0.2, 0.25) is 0 Å². The van der Waals surface area contributed by atoms with Gasteiger partial charge in [0.1, 0.15) is 5.01 Å². The van der Waals surface area contributed by atoms with Gasteiger partial charge in [-0.3, -0.25) is 0 Å². The maximum absolute atomic E-state index is 4.73. The maximum Gasteiger partial charge on any atom is 0.107 e. The number of rotatable bonds is 6. The van der Waals surface area contributed by atoms with Crippen molar-refractivity contribution < 1.29 is 0 Å². The molecule has 1 saturated heterocycles. The van der Waals surface area contributed by atoms with Gasteiger partial charge in [0.05, 0.1) is 5.69 Å². The van der Waals surface area contributed by atoms with Crippen molar-refractivity contribution in [2.45, 2.75) is 32.4 Å². The molecule has 0 spiro atoms. The molecule has 0 saturated carbocycles. The van der Waals surface area contributed by atoms with E-state index < -0.39 is 0 Å². The van der Waals surface area contributed by atoms with Crippen LogP contribution in [0.5, 0.6) is 0 Å². The summed E-state index contributed by atoms with van der Waals surface area (Å²) in [5, 5.41) is 6.92. The molecule has 0 bridgehead atoms. The first kappa shape index (κ1) is 14.7. The zero-order valence-corrected chi connectivity index (χ0v) is 13.4. The topological polar surface area (TPSA) is 28.2 Å². The first-order valence-electron chi connectivity index (χ1n) is 7.77. The molecule has 1 aliphatic rings. The molecule has 1 fully saturated rings. The number of aromatic nitrogens is 1. The van der Waals surface area contributed by atoms with E-state index in [2.05, 4.69) is 46.8 Å². The minimum atomic E-state index is 0.521. The minimum Gasteiger partial charge on any atom is -0.307 e. The van der Waals surface area contributed by atoms with Gasteiger partial charge >= 0.3 is 0 Å². The summed E-state index contributed by atoms with van der Waals surface area (Å²) >= 11 is 1.74. The lowest BCUT2D eigenvalue weighted by atomic mass is 10.2. The second kappa shape index (κ2) is 7.16. The number of nitrogens with zero attached hydrogens (tertiary/aromatic N) is 2. The van der Waals surface area contributed by atoms with E-state index in [-0.39, 0.29) is 0 Å². The van der Waals surface area contributed by atoms with Gasteiger partial charge in [-0.1, -0.05) is 30.3 Å². The lowest BCUT2D eigenvalue weighted by molar-refractivity contribution is 0.298. The van der Waals surface area contributed by atoms with Crippen LogP contribution in [-0.2, 0) is 6.54 Å². The van der Waals surface area contributed by atoms with Crippen LogP contribution >= 0.6 is 11.3 Å². The zero-order valence-electron chi connectivity index (χ0n) is 12.6. The Bertz CT molecular complexity index is 546. The standard InChI is InChI=1S/C17H23N3S/c1-14(12-20-9-5-6-10-20)18-11-17-19-16(13-21-17)15-7-3-2-4-8-15/h2-4,7-8,13-14,18H,5-6,9-12H2,1H3. The van der Waals surface area contributed by atoms with Crippen LogP contribution in [-0.4, -0.2) is 35.6 Å². The van der Waals surface area contributed by atoms with Crippen LogP contribution in [0.25, 0.3) is 11.3 Å². The number of hydrogen-bond acceptors (Lipinski definition) is 4.